The fourth-order valence-corrected chi connectivity index (χ4v) is 1.57. The lowest BCUT2D eigenvalue weighted by Gasteiger charge is -2.00. The maximum atomic E-state index is 10.7. The van der Waals surface area contributed by atoms with Gasteiger partial charge in [-0.25, -0.2) is 0 Å². The lowest BCUT2D eigenvalue weighted by atomic mass is 10.1. The van der Waals surface area contributed by atoms with Crippen LogP contribution in [0, 0.1) is 6.42 Å². The third-order valence-electron chi connectivity index (χ3n) is 1.60. The van der Waals surface area contributed by atoms with Gasteiger partial charge in [-0.05, 0) is 30.5 Å². The molecule has 13 heavy (non-hydrogen) atoms. The third-order valence-corrected chi connectivity index (χ3v) is 2.45. The molecule has 4 heteroatoms. The Morgan fingerprint density at radius 1 is 1.46 bits per heavy atom. The Morgan fingerprint density at radius 3 is 2.69 bits per heavy atom. The predicted octanol–water partition coefficient (Wildman–Crippen LogP) is 1.90. The minimum atomic E-state index is -4.06. The van der Waals surface area contributed by atoms with Gasteiger partial charge in [0.15, 0.2) is 0 Å². The molecule has 0 aliphatic carbocycles. The van der Waals surface area contributed by atoms with Crippen LogP contribution in [0.1, 0.15) is 18.9 Å². The summed E-state index contributed by atoms with van der Waals surface area (Å²) in [6.45, 7) is 1.96. The normalized spacial score (nSPS) is 11.5. The first-order chi connectivity index (χ1) is 6.04. The summed E-state index contributed by atoms with van der Waals surface area (Å²) in [4.78, 5) is -0.0605. The molecular weight excluding hydrogens is 188 g/mol. The van der Waals surface area contributed by atoms with Crippen molar-refractivity contribution in [1.29, 1.82) is 0 Å². The van der Waals surface area contributed by atoms with Crippen molar-refractivity contribution in [3.8, 4) is 0 Å². The van der Waals surface area contributed by atoms with Crippen LogP contribution in [-0.4, -0.2) is 13.0 Å². The van der Waals surface area contributed by atoms with Gasteiger partial charge in [-0.2, -0.15) is 8.42 Å². The van der Waals surface area contributed by atoms with Gasteiger partial charge in [-0.1, -0.05) is 19.1 Å². The van der Waals surface area contributed by atoms with Crippen molar-refractivity contribution in [3.05, 3.63) is 36.2 Å². The van der Waals surface area contributed by atoms with Crippen molar-refractivity contribution < 1.29 is 13.0 Å². The summed E-state index contributed by atoms with van der Waals surface area (Å²) in [6, 6.07) is 6.20. The molecule has 1 rings (SSSR count). The highest BCUT2D eigenvalue weighted by Crippen LogP contribution is 2.13. The van der Waals surface area contributed by atoms with Crippen LogP contribution in [0.5, 0.6) is 0 Å². The van der Waals surface area contributed by atoms with Gasteiger partial charge >= 0.3 is 0 Å². The molecule has 0 fully saturated rings. The zero-order valence-corrected chi connectivity index (χ0v) is 8.08. The summed E-state index contributed by atoms with van der Waals surface area (Å²) in [5.74, 6) is 0. The molecule has 0 bridgehead atoms. The summed E-state index contributed by atoms with van der Waals surface area (Å²) in [6.07, 6.45) is 2.71. The van der Waals surface area contributed by atoms with Crippen molar-refractivity contribution in [3.63, 3.8) is 0 Å². The molecule has 0 aliphatic heterocycles. The largest absolute Gasteiger partial charge is 0.294 e. The maximum absolute atomic E-state index is 10.7. The minimum Gasteiger partial charge on any atom is -0.282 e. The molecule has 0 heterocycles. The van der Waals surface area contributed by atoms with Crippen LogP contribution in [-0.2, 0) is 10.1 Å². The molecule has 0 aliphatic rings. The molecule has 1 aromatic carbocycles. The summed E-state index contributed by atoms with van der Waals surface area (Å²) < 4.78 is 30.2. The van der Waals surface area contributed by atoms with Crippen LogP contribution in [0.15, 0.2) is 29.2 Å². The second-order valence-electron chi connectivity index (χ2n) is 2.66. The number of hydrogen-bond donors (Lipinski definition) is 1. The fourth-order valence-electron chi connectivity index (χ4n) is 1.04. The molecule has 1 N–H and O–H groups in total. The zero-order chi connectivity index (χ0) is 9.90. The SMILES string of the molecule is CC[CH]c1cccc(S(=O)(=O)O)c1. The highest BCUT2D eigenvalue weighted by atomic mass is 32.2. The summed E-state index contributed by atoms with van der Waals surface area (Å²) in [5, 5.41) is 0. The van der Waals surface area contributed by atoms with E-state index in [1.807, 2.05) is 13.3 Å². The summed E-state index contributed by atoms with van der Waals surface area (Å²) in [7, 11) is -4.06. The topological polar surface area (TPSA) is 54.4 Å². The number of hydrogen-bond acceptors (Lipinski definition) is 2. The molecular formula is C9H11O3S. The lowest BCUT2D eigenvalue weighted by Crippen LogP contribution is -1.98. The molecule has 0 saturated heterocycles. The van der Waals surface area contributed by atoms with Crippen LogP contribution in [0.3, 0.4) is 0 Å². The van der Waals surface area contributed by atoms with E-state index in [2.05, 4.69) is 0 Å². The first-order valence-electron chi connectivity index (χ1n) is 3.95. The quantitative estimate of drug-likeness (QED) is 0.756. The van der Waals surface area contributed by atoms with E-state index < -0.39 is 10.1 Å². The highest BCUT2D eigenvalue weighted by Gasteiger charge is 2.08. The molecule has 71 valence electrons. The Hall–Kier alpha value is -0.870. The summed E-state index contributed by atoms with van der Waals surface area (Å²) >= 11 is 0. The molecule has 0 atom stereocenters. The minimum absolute atomic E-state index is 0.0605. The average molecular weight is 199 g/mol. The van der Waals surface area contributed by atoms with Crippen LogP contribution in [0.4, 0.5) is 0 Å². The Labute approximate surface area is 78.2 Å². The predicted molar refractivity (Wildman–Crippen MR) is 49.9 cm³/mol. The Morgan fingerprint density at radius 2 is 2.15 bits per heavy atom. The van der Waals surface area contributed by atoms with Gasteiger partial charge in [0.05, 0.1) is 4.90 Å². The first kappa shape index (κ1) is 10.2. The summed E-state index contributed by atoms with van der Waals surface area (Å²) in [5.41, 5.74) is 0.803. The molecule has 0 amide bonds. The third kappa shape index (κ3) is 2.82. The van der Waals surface area contributed by atoms with E-state index in [0.29, 0.717) is 0 Å². The van der Waals surface area contributed by atoms with Gasteiger partial charge in [-0.3, -0.25) is 4.55 Å². The van der Waals surface area contributed by atoms with Gasteiger partial charge in [-0.15, -0.1) is 0 Å². The van der Waals surface area contributed by atoms with Crippen molar-refractivity contribution in [1.82, 2.24) is 0 Å². The Balaban J connectivity index is 3.06. The van der Waals surface area contributed by atoms with Gasteiger partial charge < -0.3 is 0 Å². The second-order valence-corrected chi connectivity index (χ2v) is 4.08. The van der Waals surface area contributed by atoms with E-state index in [-0.39, 0.29) is 4.90 Å². The van der Waals surface area contributed by atoms with Gasteiger partial charge in [0.25, 0.3) is 10.1 Å². The van der Waals surface area contributed by atoms with Crippen molar-refractivity contribution in [2.45, 2.75) is 18.2 Å². The van der Waals surface area contributed by atoms with Crippen LogP contribution >= 0.6 is 0 Å². The van der Waals surface area contributed by atoms with E-state index in [4.69, 9.17) is 4.55 Å². The van der Waals surface area contributed by atoms with Gasteiger partial charge in [0.2, 0.25) is 0 Å². The molecule has 3 nitrogen and oxygen atoms in total. The Bertz CT molecular complexity index is 382. The monoisotopic (exact) mass is 199 g/mol. The molecule has 0 aromatic heterocycles. The molecule has 1 aromatic rings. The smallest absolute Gasteiger partial charge is 0.282 e. The molecule has 0 spiro atoms. The van der Waals surface area contributed by atoms with Gasteiger partial charge in [0, 0.05) is 0 Å². The fraction of sp³-hybridized carbons (Fsp3) is 0.222. The first-order valence-corrected chi connectivity index (χ1v) is 5.39. The van der Waals surface area contributed by atoms with Crippen molar-refractivity contribution >= 4 is 10.1 Å². The van der Waals surface area contributed by atoms with Crippen LogP contribution < -0.4 is 0 Å². The number of benzene rings is 1. The highest BCUT2D eigenvalue weighted by molar-refractivity contribution is 7.85. The second kappa shape index (κ2) is 3.89. The van der Waals surface area contributed by atoms with E-state index in [9.17, 15) is 8.42 Å². The molecule has 1 radical (unpaired) electrons. The van der Waals surface area contributed by atoms with Crippen molar-refractivity contribution in [2.24, 2.45) is 0 Å². The van der Waals surface area contributed by atoms with Gasteiger partial charge in [0.1, 0.15) is 0 Å². The maximum Gasteiger partial charge on any atom is 0.294 e. The Kier molecular flexibility index (Phi) is 3.06. The van der Waals surface area contributed by atoms with Crippen LogP contribution in [0.25, 0.3) is 0 Å². The zero-order valence-electron chi connectivity index (χ0n) is 7.27. The molecule has 0 saturated carbocycles. The van der Waals surface area contributed by atoms with E-state index in [1.54, 1.807) is 12.1 Å². The standard InChI is InChI=1S/C9H11O3S/c1-2-4-8-5-3-6-9(7-8)13(10,11)12/h3-7H,2H2,1H3,(H,10,11,12). The lowest BCUT2D eigenvalue weighted by molar-refractivity contribution is 0.483. The molecule has 0 unspecified atom stereocenters. The van der Waals surface area contributed by atoms with E-state index in [0.717, 1.165) is 12.0 Å². The average Bonchev–Trinajstić information content (AvgIpc) is 2.04. The van der Waals surface area contributed by atoms with E-state index in [1.165, 1.54) is 12.1 Å². The van der Waals surface area contributed by atoms with Crippen LogP contribution in [0.2, 0.25) is 0 Å². The van der Waals surface area contributed by atoms with Crippen molar-refractivity contribution in [2.75, 3.05) is 0 Å². The number of rotatable bonds is 3. The van der Waals surface area contributed by atoms with E-state index >= 15 is 0 Å².